The maximum Gasteiger partial charge on any atom is 0.418 e. The van der Waals surface area contributed by atoms with E-state index in [2.05, 4.69) is 15.4 Å². The summed E-state index contributed by atoms with van der Waals surface area (Å²) < 4.78 is 46.6. The highest BCUT2D eigenvalue weighted by Gasteiger charge is 2.33. The molecule has 0 spiro atoms. The van der Waals surface area contributed by atoms with Gasteiger partial charge in [0.05, 0.1) is 17.7 Å². The van der Waals surface area contributed by atoms with Crippen LogP contribution in [0.3, 0.4) is 0 Å². The van der Waals surface area contributed by atoms with Crippen LogP contribution >= 0.6 is 0 Å². The monoisotopic (exact) mass is 468 g/mol. The minimum Gasteiger partial charge on any atom is -0.460 e. The van der Waals surface area contributed by atoms with Gasteiger partial charge in [0.15, 0.2) is 5.65 Å². The fourth-order valence-electron chi connectivity index (χ4n) is 3.43. The summed E-state index contributed by atoms with van der Waals surface area (Å²) in [6.07, 6.45) is -2.58. The van der Waals surface area contributed by atoms with Gasteiger partial charge in [-0.2, -0.15) is 18.2 Å². The summed E-state index contributed by atoms with van der Waals surface area (Å²) >= 11 is 0. The second-order valence-corrected chi connectivity index (χ2v) is 8.78. The molecule has 176 valence electrons. The largest absolute Gasteiger partial charge is 0.460 e. The van der Waals surface area contributed by atoms with Crippen molar-refractivity contribution in [2.24, 2.45) is 0 Å². The molecular formula is C25H23F3N4O2. The first-order chi connectivity index (χ1) is 16.0. The highest BCUT2D eigenvalue weighted by atomic mass is 19.4. The van der Waals surface area contributed by atoms with Gasteiger partial charge in [-0.05, 0) is 56.2 Å². The number of ether oxygens (including phenoxy) is 1. The molecule has 0 saturated heterocycles. The second-order valence-electron chi connectivity index (χ2n) is 8.78. The quantitative estimate of drug-likeness (QED) is 0.362. The molecule has 1 N–H and O–H groups in total. The first-order valence-corrected chi connectivity index (χ1v) is 10.6. The summed E-state index contributed by atoms with van der Waals surface area (Å²) in [5.74, 6) is -0.238. The van der Waals surface area contributed by atoms with Crippen LogP contribution in [0.15, 0.2) is 66.9 Å². The zero-order chi connectivity index (χ0) is 24.5. The van der Waals surface area contributed by atoms with Gasteiger partial charge in [-0.15, -0.1) is 5.10 Å². The van der Waals surface area contributed by atoms with Crippen molar-refractivity contribution in [1.82, 2.24) is 14.6 Å². The zero-order valence-electron chi connectivity index (χ0n) is 18.8. The molecule has 2 aromatic heterocycles. The smallest absolute Gasteiger partial charge is 0.418 e. The van der Waals surface area contributed by atoms with E-state index in [1.807, 2.05) is 51.1 Å². The molecule has 0 amide bonds. The molecule has 0 bridgehead atoms. The van der Waals surface area contributed by atoms with Gasteiger partial charge in [0.1, 0.15) is 5.60 Å². The topological polar surface area (TPSA) is 68.5 Å². The molecule has 9 heteroatoms. The number of pyridine rings is 1. The molecule has 34 heavy (non-hydrogen) atoms. The SMILES string of the molecule is CC(C)(C)OC(=O)Cc1ccc(-c2ccc3nc(Nc4ccccc4C(F)(F)F)nn3c2)cc1. The van der Waals surface area contributed by atoms with Crippen LogP contribution in [0.2, 0.25) is 0 Å². The van der Waals surface area contributed by atoms with Gasteiger partial charge in [-0.25, -0.2) is 4.52 Å². The van der Waals surface area contributed by atoms with Gasteiger partial charge < -0.3 is 10.1 Å². The van der Waals surface area contributed by atoms with Crippen molar-refractivity contribution in [1.29, 1.82) is 0 Å². The first-order valence-electron chi connectivity index (χ1n) is 10.6. The Kier molecular flexibility index (Phi) is 6.03. The highest BCUT2D eigenvalue weighted by molar-refractivity contribution is 5.74. The normalized spacial score (nSPS) is 12.1. The molecule has 6 nitrogen and oxygen atoms in total. The number of rotatable bonds is 5. The van der Waals surface area contributed by atoms with E-state index in [1.54, 1.807) is 12.3 Å². The number of carbonyl (C=O) groups is 1. The van der Waals surface area contributed by atoms with Crippen molar-refractivity contribution in [2.75, 3.05) is 5.32 Å². The maximum atomic E-state index is 13.3. The van der Waals surface area contributed by atoms with E-state index in [1.165, 1.54) is 22.7 Å². The van der Waals surface area contributed by atoms with Crippen LogP contribution < -0.4 is 5.32 Å². The summed E-state index contributed by atoms with van der Waals surface area (Å²) in [5, 5.41) is 6.94. The van der Waals surface area contributed by atoms with Gasteiger partial charge in [0.2, 0.25) is 5.95 Å². The lowest BCUT2D eigenvalue weighted by Crippen LogP contribution is -2.24. The third-order valence-electron chi connectivity index (χ3n) is 4.87. The molecule has 0 fully saturated rings. The number of carbonyl (C=O) groups excluding carboxylic acids is 1. The average Bonchev–Trinajstić information content (AvgIpc) is 3.14. The minimum atomic E-state index is -4.49. The van der Waals surface area contributed by atoms with Crippen molar-refractivity contribution >= 4 is 23.3 Å². The van der Waals surface area contributed by atoms with Crippen molar-refractivity contribution < 1.29 is 22.7 Å². The van der Waals surface area contributed by atoms with Crippen LogP contribution in [0.25, 0.3) is 16.8 Å². The number of anilines is 2. The summed E-state index contributed by atoms with van der Waals surface area (Å²) in [5.41, 5.74) is 1.60. The number of benzene rings is 2. The number of hydrogen-bond donors (Lipinski definition) is 1. The second kappa shape index (κ2) is 8.81. The van der Waals surface area contributed by atoms with E-state index in [4.69, 9.17) is 4.74 Å². The fraction of sp³-hybridized carbons (Fsp3) is 0.240. The number of fused-ring (bicyclic) bond motifs is 1. The summed E-state index contributed by atoms with van der Waals surface area (Å²) in [6, 6.07) is 16.2. The maximum absolute atomic E-state index is 13.3. The van der Waals surface area contributed by atoms with Gasteiger partial charge in [0, 0.05) is 11.8 Å². The number of hydrogen-bond acceptors (Lipinski definition) is 5. The molecule has 0 saturated carbocycles. The highest BCUT2D eigenvalue weighted by Crippen LogP contribution is 2.35. The number of alkyl halides is 3. The Morgan fingerprint density at radius 2 is 1.65 bits per heavy atom. The van der Waals surface area contributed by atoms with Gasteiger partial charge >= 0.3 is 12.1 Å². The van der Waals surface area contributed by atoms with Gasteiger partial charge in [-0.3, -0.25) is 4.79 Å². The van der Waals surface area contributed by atoms with Crippen LogP contribution in [-0.4, -0.2) is 26.2 Å². The van der Waals surface area contributed by atoms with E-state index >= 15 is 0 Å². The van der Waals surface area contributed by atoms with E-state index in [-0.39, 0.29) is 24.0 Å². The molecule has 0 aliphatic rings. The van der Waals surface area contributed by atoms with E-state index in [0.717, 1.165) is 22.8 Å². The van der Waals surface area contributed by atoms with E-state index in [0.29, 0.717) is 5.65 Å². The van der Waals surface area contributed by atoms with Crippen molar-refractivity contribution in [3.63, 3.8) is 0 Å². The molecule has 2 aromatic carbocycles. The summed E-state index contributed by atoms with van der Waals surface area (Å²) in [4.78, 5) is 16.3. The number of nitrogens with one attached hydrogen (secondary N) is 1. The predicted octanol–water partition coefficient (Wildman–Crippen LogP) is 6.04. The minimum absolute atomic E-state index is 0.0570. The predicted molar refractivity (Wildman–Crippen MR) is 123 cm³/mol. The molecular weight excluding hydrogens is 445 g/mol. The molecule has 0 atom stereocenters. The van der Waals surface area contributed by atoms with Crippen LogP contribution in [0.5, 0.6) is 0 Å². The fourth-order valence-corrected chi connectivity index (χ4v) is 3.43. The van der Waals surface area contributed by atoms with Crippen molar-refractivity contribution in [3.8, 4) is 11.1 Å². The number of para-hydroxylation sites is 1. The third-order valence-corrected chi connectivity index (χ3v) is 4.87. The Labute approximate surface area is 194 Å². The van der Waals surface area contributed by atoms with E-state index < -0.39 is 17.3 Å². The lowest BCUT2D eigenvalue weighted by molar-refractivity contribution is -0.153. The number of nitrogens with zero attached hydrogens (tertiary/aromatic N) is 3. The third kappa shape index (κ3) is 5.54. The molecule has 4 aromatic rings. The van der Waals surface area contributed by atoms with Crippen molar-refractivity contribution in [2.45, 2.75) is 39.0 Å². The van der Waals surface area contributed by atoms with Crippen LogP contribution in [0, 0.1) is 0 Å². The number of halogens is 3. The molecule has 0 aliphatic carbocycles. The Morgan fingerprint density at radius 3 is 2.32 bits per heavy atom. The molecule has 2 heterocycles. The Hall–Kier alpha value is -3.88. The number of esters is 1. The Morgan fingerprint density at radius 1 is 0.971 bits per heavy atom. The van der Waals surface area contributed by atoms with Gasteiger partial charge in [0.25, 0.3) is 0 Å². The van der Waals surface area contributed by atoms with Gasteiger partial charge in [-0.1, -0.05) is 36.4 Å². The molecule has 4 rings (SSSR count). The Balaban J connectivity index is 1.52. The first kappa shape index (κ1) is 23.3. The average molecular weight is 468 g/mol. The summed E-state index contributed by atoms with van der Waals surface area (Å²) in [6.45, 7) is 5.47. The van der Waals surface area contributed by atoms with Crippen LogP contribution in [0.1, 0.15) is 31.9 Å². The standard InChI is InChI=1S/C25H23F3N4O2/c1-24(2,3)34-22(33)14-16-8-10-17(11-9-16)18-12-13-21-30-23(31-32(21)15-18)29-20-7-5-4-6-19(20)25(26,27)28/h4-13,15H,14H2,1-3H3,(H,29,31). The summed E-state index contributed by atoms with van der Waals surface area (Å²) in [7, 11) is 0. The lowest BCUT2D eigenvalue weighted by Gasteiger charge is -2.19. The number of aromatic nitrogens is 3. The van der Waals surface area contributed by atoms with E-state index in [9.17, 15) is 18.0 Å². The molecule has 0 radical (unpaired) electrons. The lowest BCUT2D eigenvalue weighted by atomic mass is 10.0. The van der Waals surface area contributed by atoms with Crippen LogP contribution in [-0.2, 0) is 22.1 Å². The zero-order valence-corrected chi connectivity index (χ0v) is 18.8. The van der Waals surface area contributed by atoms with Crippen LogP contribution in [0.4, 0.5) is 24.8 Å². The Bertz CT molecular complexity index is 1320. The molecule has 0 unspecified atom stereocenters. The molecule has 0 aliphatic heterocycles. The van der Waals surface area contributed by atoms with Crippen molar-refractivity contribution in [3.05, 3.63) is 78.0 Å².